The van der Waals surface area contributed by atoms with Crippen LogP contribution in [0.1, 0.15) is 28.3 Å². The van der Waals surface area contributed by atoms with Crippen molar-refractivity contribution in [2.45, 2.75) is 13.0 Å². The van der Waals surface area contributed by atoms with Gasteiger partial charge in [0.1, 0.15) is 0 Å². The van der Waals surface area contributed by atoms with Crippen molar-refractivity contribution in [1.82, 2.24) is 15.1 Å². The number of rotatable bonds is 4. The fourth-order valence-corrected chi connectivity index (χ4v) is 3.71. The highest BCUT2D eigenvalue weighted by Gasteiger charge is 2.19. The molecule has 0 aliphatic rings. The molecule has 0 spiro atoms. The molecule has 1 N–H and O–H groups in total. The lowest BCUT2D eigenvalue weighted by molar-refractivity contribution is 0.0935. The van der Waals surface area contributed by atoms with Crippen LogP contribution >= 0.6 is 11.3 Å². The third-order valence-corrected chi connectivity index (χ3v) is 5.39. The first-order valence-electron chi connectivity index (χ1n) is 8.57. The van der Waals surface area contributed by atoms with Crippen LogP contribution in [0.5, 0.6) is 0 Å². The molecule has 6 heteroatoms. The minimum Gasteiger partial charge on any atom is -0.343 e. The first kappa shape index (κ1) is 17.2. The second kappa shape index (κ2) is 7.17. The summed E-state index contributed by atoms with van der Waals surface area (Å²) in [6, 6.07) is 20.0. The van der Waals surface area contributed by atoms with E-state index in [-0.39, 0.29) is 23.2 Å². The average molecular weight is 375 g/mol. The maximum absolute atomic E-state index is 13.0. The lowest BCUT2D eigenvalue weighted by atomic mass is 10.1. The number of carbonyl (C=O) groups is 1. The van der Waals surface area contributed by atoms with Gasteiger partial charge in [-0.25, -0.2) is 0 Å². The number of benzene rings is 2. The van der Waals surface area contributed by atoms with E-state index >= 15 is 0 Å². The number of nitrogens with zero attached hydrogens (tertiary/aromatic N) is 2. The number of thiophene rings is 1. The van der Waals surface area contributed by atoms with Gasteiger partial charge in [-0.05, 0) is 36.6 Å². The van der Waals surface area contributed by atoms with Crippen LogP contribution in [0.3, 0.4) is 0 Å². The van der Waals surface area contributed by atoms with E-state index in [1.807, 2.05) is 42.6 Å². The molecular formula is C21H17N3O2S. The molecule has 0 fully saturated rings. The van der Waals surface area contributed by atoms with Crippen LogP contribution in [0.4, 0.5) is 0 Å². The van der Waals surface area contributed by atoms with E-state index in [0.717, 1.165) is 4.88 Å². The molecule has 0 aliphatic carbocycles. The number of amides is 1. The zero-order chi connectivity index (χ0) is 18.8. The number of fused-ring (bicyclic) bond motifs is 1. The lowest BCUT2D eigenvalue weighted by Gasteiger charge is -2.14. The zero-order valence-corrected chi connectivity index (χ0v) is 15.4. The van der Waals surface area contributed by atoms with Crippen LogP contribution in [0, 0.1) is 0 Å². The SMILES string of the molecule is C[C@@H](NC(=O)c1nn(-c2ccccc2)c(=O)c2ccccc12)c1cccs1. The third kappa shape index (κ3) is 3.27. The van der Waals surface area contributed by atoms with Gasteiger partial charge in [-0.3, -0.25) is 9.59 Å². The number of nitrogens with one attached hydrogen (secondary N) is 1. The molecule has 0 bridgehead atoms. The standard InChI is InChI=1S/C21H17N3O2S/c1-14(18-12-7-13-27-18)22-20(25)19-16-10-5-6-11-17(16)21(26)24(23-19)15-8-3-2-4-9-15/h2-14H,1H3,(H,22,25)/t14-/m1/s1. The van der Waals surface area contributed by atoms with Gasteiger partial charge < -0.3 is 5.32 Å². The van der Waals surface area contributed by atoms with Crippen molar-refractivity contribution < 1.29 is 4.79 Å². The minimum atomic E-state index is -0.309. The molecule has 0 saturated carbocycles. The van der Waals surface area contributed by atoms with Gasteiger partial charge in [0.2, 0.25) is 0 Å². The molecule has 0 radical (unpaired) electrons. The largest absolute Gasteiger partial charge is 0.343 e. The second-order valence-corrected chi connectivity index (χ2v) is 7.14. The topological polar surface area (TPSA) is 64.0 Å². The van der Waals surface area contributed by atoms with Gasteiger partial charge >= 0.3 is 0 Å². The first-order chi connectivity index (χ1) is 13.1. The van der Waals surface area contributed by atoms with E-state index in [9.17, 15) is 9.59 Å². The molecule has 134 valence electrons. The van der Waals surface area contributed by atoms with Crippen LogP contribution in [-0.2, 0) is 0 Å². The van der Waals surface area contributed by atoms with Gasteiger partial charge in [-0.1, -0.05) is 42.5 Å². The van der Waals surface area contributed by atoms with Gasteiger partial charge in [-0.15, -0.1) is 11.3 Å². The maximum Gasteiger partial charge on any atom is 0.279 e. The predicted molar refractivity (Wildman–Crippen MR) is 108 cm³/mol. The average Bonchev–Trinajstić information content (AvgIpc) is 3.24. The van der Waals surface area contributed by atoms with Crippen molar-refractivity contribution in [2.75, 3.05) is 0 Å². The summed E-state index contributed by atoms with van der Waals surface area (Å²) >= 11 is 1.58. The van der Waals surface area contributed by atoms with Gasteiger partial charge in [0.25, 0.3) is 11.5 Å². The molecule has 5 nitrogen and oxygen atoms in total. The molecule has 2 heterocycles. The van der Waals surface area contributed by atoms with Crippen LogP contribution in [0.15, 0.2) is 76.9 Å². The van der Waals surface area contributed by atoms with Crippen molar-refractivity contribution in [3.63, 3.8) is 0 Å². The van der Waals surface area contributed by atoms with Crippen LogP contribution in [-0.4, -0.2) is 15.7 Å². The molecule has 2 aromatic heterocycles. The molecule has 0 aliphatic heterocycles. The lowest BCUT2D eigenvalue weighted by Crippen LogP contribution is -2.31. The molecule has 2 aromatic carbocycles. The summed E-state index contributed by atoms with van der Waals surface area (Å²) in [5.41, 5.74) is 0.603. The molecular weight excluding hydrogens is 358 g/mol. The molecule has 4 aromatic rings. The Hall–Kier alpha value is -3.25. The molecule has 1 atom stereocenters. The Kier molecular flexibility index (Phi) is 4.56. The highest BCUT2D eigenvalue weighted by atomic mass is 32.1. The highest BCUT2D eigenvalue weighted by molar-refractivity contribution is 7.10. The van der Waals surface area contributed by atoms with Gasteiger partial charge in [0.05, 0.1) is 17.1 Å². The third-order valence-electron chi connectivity index (χ3n) is 4.34. The van der Waals surface area contributed by atoms with E-state index in [4.69, 9.17) is 0 Å². The molecule has 0 unspecified atom stereocenters. The second-order valence-electron chi connectivity index (χ2n) is 6.16. The number of aromatic nitrogens is 2. The predicted octanol–water partition coefficient (Wildman–Crippen LogP) is 3.94. The summed E-state index contributed by atoms with van der Waals surface area (Å²) in [7, 11) is 0. The Morgan fingerprint density at radius 2 is 1.70 bits per heavy atom. The van der Waals surface area contributed by atoms with Crippen molar-refractivity contribution in [3.05, 3.63) is 93.0 Å². The van der Waals surface area contributed by atoms with E-state index in [1.54, 1.807) is 47.7 Å². The highest BCUT2D eigenvalue weighted by Crippen LogP contribution is 2.20. The summed E-state index contributed by atoms with van der Waals surface area (Å²) in [6.07, 6.45) is 0. The van der Waals surface area contributed by atoms with Gasteiger partial charge in [-0.2, -0.15) is 9.78 Å². The van der Waals surface area contributed by atoms with Crippen molar-refractivity contribution in [1.29, 1.82) is 0 Å². The number of carbonyl (C=O) groups excluding carboxylic acids is 1. The minimum absolute atomic E-state index is 0.143. The number of hydrogen-bond donors (Lipinski definition) is 1. The van der Waals surface area contributed by atoms with E-state index < -0.39 is 0 Å². The monoisotopic (exact) mass is 375 g/mol. The Labute approximate surface area is 159 Å². The fraction of sp³-hybridized carbons (Fsp3) is 0.0952. The van der Waals surface area contributed by atoms with Crippen LogP contribution < -0.4 is 10.9 Å². The zero-order valence-electron chi connectivity index (χ0n) is 14.6. The van der Waals surface area contributed by atoms with E-state index in [2.05, 4.69) is 10.4 Å². The number of hydrogen-bond acceptors (Lipinski definition) is 4. The van der Waals surface area contributed by atoms with E-state index in [1.165, 1.54) is 4.68 Å². The van der Waals surface area contributed by atoms with Crippen molar-refractivity contribution in [3.8, 4) is 5.69 Å². The molecule has 27 heavy (non-hydrogen) atoms. The van der Waals surface area contributed by atoms with Crippen LogP contribution in [0.2, 0.25) is 0 Å². The van der Waals surface area contributed by atoms with Gasteiger partial charge in [0.15, 0.2) is 5.69 Å². The Morgan fingerprint density at radius 3 is 2.41 bits per heavy atom. The maximum atomic E-state index is 13.0. The summed E-state index contributed by atoms with van der Waals surface area (Å²) in [5, 5.41) is 10.4. The van der Waals surface area contributed by atoms with Gasteiger partial charge in [0, 0.05) is 10.3 Å². The Bertz CT molecular complexity index is 1150. The Morgan fingerprint density at radius 1 is 1.00 bits per heavy atom. The molecule has 1 amide bonds. The number of para-hydroxylation sites is 1. The smallest absolute Gasteiger partial charge is 0.279 e. The molecule has 0 saturated heterocycles. The van der Waals surface area contributed by atoms with Crippen LogP contribution in [0.25, 0.3) is 16.5 Å². The normalized spacial score (nSPS) is 12.0. The Balaban J connectivity index is 1.83. The molecule has 4 rings (SSSR count). The quantitative estimate of drug-likeness (QED) is 0.588. The summed E-state index contributed by atoms with van der Waals surface area (Å²) in [6.45, 7) is 1.93. The summed E-state index contributed by atoms with van der Waals surface area (Å²) in [4.78, 5) is 26.9. The fourth-order valence-electron chi connectivity index (χ4n) is 2.98. The van der Waals surface area contributed by atoms with Crippen molar-refractivity contribution >= 4 is 28.0 Å². The van der Waals surface area contributed by atoms with Crippen molar-refractivity contribution in [2.24, 2.45) is 0 Å². The summed E-state index contributed by atoms with van der Waals surface area (Å²) < 4.78 is 1.28. The summed E-state index contributed by atoms with van der Waals surface area (Å²) in [5.74, 6) is -0.309. The first-order valence-corrected chi connectivity index (χ1v) is 9.45. The van der Waals surface area contributed by atoms with E-state index in [0.29, 0.717) is 16.5 Å².